The number of hydrogen-bond donors (Lipinski definition) is 0. The summed E-state index contributed by atoms with van der Waals surface area (Å²) in [6.45, 7) is 12.7. The molecule has 0 aromatic heterocycles. The minimum atomic E-state index is -1.51. The Kier molecular flexibility index (Phi) is 5.33. The van der Waals surface area contributed by atoms with Crippen LogP contribution in [0.4, 0.5) is 0 Å². The largest absolute Gasteiger partial charge is 0.417 e. The highest BCUT2D eigenvalue weighted by Gasteiger charge is 2.37. The van der Waals surface area contributed by atoms with Crippen molar-refractivity contribution in [2.45, 2.75) is 68.5 Å². The minimum absolute atomic E-state index is 0.355. The van der Waals surface area contributed by atoms with E-state index in [0.29, 0.717) is 5.04 Å². The van der Waals surface area contributed by atoms with E-state index in [-0.39, 0.29) is 0 Å². The van der Waals surface area contributed by atoms with Crippen molar-refractivity contribution in [3.63, 3.8) is 0 Å². The van der Waals surface area contributed by atoms with Gasteiger partial charge in [0, 0.05) is 10.5 Å². The van der Waals surface area contributed by atoms with Gasteiger partial charge in [-0.3, -0.25) is 0 Å². The van der Waals surface area contributed by atoms with E-state index in [2.05, 4.69) is 56.5 Å². The van der Waals surface area contributed by atoms with Gasteiger partial charge in [-0.1, -0.05) is 43.4 Å². The van der Waals surface area contributed by atoms with Crippen molar-refractivity contribution in [1.29, 1.82) is 0 Å². The predicted molar refractivity (Wildman–Crippen MR) is 82.9 cm³/mol. The molecule has 0 amide bonds. The summed E-state index contributed by atoms with van der Waals surface area (Å²) in [6.07, 6.45) is 5.54. The molecule has 1 fully saturated rings. The van der Waals surface area contributed by atoms with Crippen LogP contribution in [-0.4, -0.2) is 18.8 Å². The van der Waals surface area contributed by atoms with Gasteiger partial charge in [-0.05, 0) is 49.7 Å². The quantitative estimate of drug-likeness (QED) is 0.394. The molecule has 0 radical (unpaired) electrons. The molecule has 0 unspecified atom stereocenters. The van der Waals surface area contributed by atoms with Crippen LogP contribution < -0.4 is 0 Å². The van der Waals surface area contributed by atoms with Crippen LogP contribution in [0.3, 0.4) is 0 Å². The van der Waals surface area contributed by atoms with Crippen molar-refractivity contribution in [3.8, 4) is 0 Å². The van der Waals surface area contributed by atoms with E-state index in [0.717, 1.165) is 16.4 Å². The Morgan fingerprint density at radius 1 is 1.12 bits per heavy atom. The van der Waals surface area contributed by atoms with Gasteiger partial charge >= 0.3 is 0 Å². The first-order valence-electron chi connectivity index (χ1n) is 6.50. The van der Waals surface area contributed by atoms with Gasteiger partial charge in [0.2, 0.25) is 0 Å². The lowest BCUT2D eigenvalue weighted by atomic mass is 9.90. The van der Waals surface area contributed by atoms with E-state index in [1.165, 1.54) is 25.7 Å². The molecule has 1 saturated carbocycles. The Hall–Kier alpha value is 0.907. The summed E-state index contributed by atoms with van der Waals surface area (Å²) < 4.78 is 7.22. The maximum atomic E-state index is 6.31. The standard InChI is InChI=1S/C13H27IOSi/c1-13(2,3)16(4,5)15-10-11-6-8-12(14)9-7-11/h11-12H,6-10H2,1-5H3. The molecule has 16 heavy (non-hydrogen) atoms. The summed E-state index contributed by atoms with van der Waals surface area (Å²) in [5.74, 6) is 0.833. The molecule has 0 saturated heterocycles. The van der Waals surface area contributed by atoms with Crippen LogP contribution in [0.1, 0.15) is 46.5 Å². The zero-order chi connectivity index (χ0) is 12.4. The molecule has 0 aromatic rings. The van der Waals surface area contributed by atoms with Crippen LogP contribution in [0.2, 0.25) is 18.1 Å². The summed E-state index contributed by atoms with van der Waals surface area (Å²) in [5, 5.41) is 0.355. The van der Waals surface area contributed by atoms with Crippen molar-refractivity contribution < 1.29 is 4.43 Å². The molecule has 0 aliphatic heterocycles. The highest BCUT2D eigenvalue weighted by Crippen LogP contribution is 2.38. The van der Waals surface area contributed by atoms with Gasteiger partial charge in [-0.15, -0.1) is 0 Å². The Balaban J connectivity index is 2.34. The Bertz CT molecular complexity index is 214. The maximum Gasteiger partial charge on any atom is 0.191 e. The van der Waals surface area contributed by atoms with Gasteiger partial charge in [0.05, 0.1) is 0 Å². The third-order valence-electron chi connectivity index (χ3n) is 4.26. The van der Waals surface area contributed by atoms with E-state index >= 15 is 0 Å². The molecule has 0 N–H and O–H groups in total. The Morgan fingerprint density at radius 2 is 1.62 bits per heavy atom. The predicted octanol–water partition coefficient (Wildman–Crippen LogP) is 5.00. The number of alkyl halides is 1. The molecule has 0 spiro atoms. The van der Waals surface area contributed by atoms with E-state index in [9.17, 15) is 0 Å². The van der Waals surface area contributed by atoms with Crippen LogP contribution in [0.5, 0.6) is 0 Å². The van der Waals surface area contributed by atoms with E-state index in [1.54, 1.807) is 0 Å². The molecule has 0 heterocycles. The zero-order valence-electron chi connectivity index (χ0n) is 11.5. The van der Waals surface area contributed by atoms with Gasteiger partial charge in [-0.25, -0.2) is 0 Å². The fourth-order valence-corrected chi connectivity index (χ4v) is 3.64. The zero-order valence-corrected chi connectivity index (χ0v) is 14.6. The first-order chi connectivity index (χ1) is 7.22. The van der Waals surface area contributed by atoms with Gasteiger partial charge < -0.3 is 4.43 Å². The lowest BCUT2D eigenvalue weighted by Crippen LogP contribution is -2.42. The first-order valence-corrected chi connectivity index (χ1v) is 10.7. The average Bonchev–Trinajstić information content (AvgIpc) is 2.15. The van der Waals surface area contributed by atoms with E-state index < -0.39 is 8.32 Å². The molecular formula is C13H27IOSi. The molecule has 96 valence electrons. The van der Waals surface area contributed by atoms with Crippen molar-refractivity contribution >= 4 is 30.9 Å². The van der Waals surface area contributed by atoms with Gasteiger partial charge in [0.25, 0.3) is 0 Å². The van der Waals surface area contributed by atoms with E-state index in [4.69, 9.17) is 4.43 Å². The van der Waals surface area contributed by atoms with Gasteiger partial charge in [0.1, 0.15) is 0 Å². The third kappa shape index (κ3) is 4.30. The summed E-state index contributed by atoms with van der Waals surface area (Å²) in [5.41, 5.74) is 0. The van der Waals surface area contributed by atoms with Gasteiger partial charge in [0.15, 0.2) is 8.32 Å². The highest BCUT2D eigenvalue weighted by atomic mass is 127. The minimum Gasteiger partial charge on any atom is -0.417 e. The van der Waals surface area contributed by atoms with E-state index in [1.807, 2.05) is 0 Å². The lowest BCUT2D eigenvalue weighted by Gasteiger charge is -2.38. The Labute approximate surface area is 116 Å². The molecule has 0 bridgehead atoms. The van der Waals surface area contributed by atoms with Crippen LogP contribution in [0.15, 0.2) is 0 Å². The molecule has 0 atom stereocenters. The maximum absolute atomic E-state index is 6.31. The first kappa shape index (κ1) is 15.0. The smallest absolute Gasteiger partial charge is 0.191 e. The average molecular weight is 354 g/mol. The topological polar surface area (TPSA) is 9.23 Å². The fourth-order valence-electron chi connectivity index (χ4n) is 1.83. The second kappa shape index (κ2) is 5.70. The molecule has 1 aliphatic rings. The SMILES string of the molecule is CC(C)(C)[Si](C)(C)OCC1CCC(I)CC1. The molecule has 3 heteroatoms. The van der Waals surface area contributed by atoms with Crippen molar-refractivity contribution in [2.24, 2.45) is 5.92 Å². The van der Waals surface area contributed by atoms with Crippen LogP contribution in [-0.2, 0) is 4.43 Å². The van der Waals surface area contributed by atoms with Crippen LogP contribution in [0, 0.1) is 5.92 Å². The highest BCUT2D eigenvalue weighted by molar-refractivity contribution is 14.1. The Morgan fingerprint density at radius 3 is 2.06 bits per heavy atom. The second-order valence-corrected chi connectivity index (χ2v) is 13.3. The number of hydrogen-bond acceptors (Lipinski definition) is 1. The van der Waals surface area contributed by atoms with Gasteiger partial charge in [-0.2, -0.15) is 0 Å². The summed E-state index contributed by atoms with van der Waals surface area (Å²) in [6, 6.07) is 0. The monoisotopic (exact) mass is 354 g/mol. The molecule has 0 aromatic carbocycles. The normalized spacial score (nSPS) is 28.1. The van der Waals surface area contributed by atoms with Crippen molar-refractivity contribution in [1.82, 2.24) is 0 Å². The van der Waals surface area contributed by atoms with Crippen LogP contribution in [0.25, 0.3) is 0 Å². The van der Waals surface area contributed by atoms with Crippen LogP contribution >= 0.6 is 22.6 Å². The number of rotatable bonds is 3. The lowest BCUT2D eigenvalue weighted by molar-refractivity contribution is 0.196. The van der Waals surface area contributed by atoms with Crippen molar-refractivity contribution in [2.75, 3.05) is 6.61 Å². The molecule has 1 aliphatic carbocycles. The molecule has 1 nitrogen and oxygen atoms in total. The summed E-state index contributed by atoms with van der Waals surface area (Å²) in [7, 11) is -1.51. The summed E-state index contributed by atoms with van der Waals surface area (Å²) in [4.78, 5) is 0. The summed E-state index contributed by atoms with van der Waals surface area (Å²) >= 11 is 2.59. The molecular weight excluding hydrogens is 327 g/mol. The third-order valence-corrected chi connectivity index (χ3v) is 10.0. The number of halogens is 1. The van der Waals surface area contributed by atoms with Crippen molar-refractivity contribution in [3.05, 3.63) is 0 Å². The second-order valence-electron chi connectivity index (χ2n) is 6.69. The molecule has 1 rings (SSSR count). The fraction of sp³-hybridized carbons (Fsp3) is 1.00.